The standard InChI is InChI=1S/C20H28N4O/c1-13(2)24-16(5)11-21-19(24)17-8-9-23(12-17)20(25)22-18-7-6-14(3)15(4)10-18/h6-7,10-11,13,17H,8-9,12H2,1-5H3,(H,22,25). The fourth-order valence-corrected chi connectivity index (χ4v) is 3.62. The van der Waals surface area contributed by atoms with Gasteiger partial charge in [0.05, 0.1) is 0 Å². The van der Waals surface area contributed by atoms with Gasteiger partial charge >= 0.3 is 6.03 Å². The zero-order valence-corrected chi connectivity index (χ0v) is 15.8. The highest BCUT2D eigenvalue weighted by Crippen LogP contribution is 2.29. The lowest BCUT2D eigenvalue weighted by Crippen LogP contribution is -2.33. The summed E-state index contributed by atoms with van der Waals surface area (Å²) in [5, 5.41) is 3.03. The number of hydrogen-bond acceptors (Lipinski definition) is 2. The lowest BCUT2D eigenvalue weighted by Gasteiger charge is -2.20. The quantitative estimate of drug-likeness (QED) is 0.900. The largest absolute Gasteiger partial charge is 0.330 e. The molecule has 2 aromatic rings. The molecule has 0 spiro atoms. The molecule has 1 aliphatic rings. The first-order valence-corrected chi connectivity index (χ1v) is 9.03. The molecule has 25 heavy (non-hydrogen) atoms. The minimum absolute atomic E-state index is 0.0230. The van der Waals surface area contributed by atoms with E-state index in [9.17, 15) is 4.79 Å². The molecule has 1 aliphatic heterocycles. The Morgan fingerprint density at radius 3 is 2.68 bits per heavy atom. The molecule has 2 heterocycles. The predicted molar refractivity (Wildman–Crippen MR) is 101 cm³/mol. The van der Waals surface area contributed by atoms with Gasteiger partial charge in [0.2, 0.25) is 0 Å². The third kappa shape index (κ3) is 3.55. The second kappa shape index (κ2) is 6.90. The first kappa shape index (κ1) is 17.5. The van der Waals surface area contributed by atoms with Crippen LogP contribution in [0.2, 0.25) is 0 Å². The number of anilines is 1. The first-order chi connectivity index (χ1) is 11.9. The van der Waals surface area contributed by atoms with E-state index >= 15 is 0 Å². The molecule has 134 valence electrons. The van der Waals surface area contributed by atoms with Crippen LogP contribution in [-0.2, 0) is 0 Å². The average molecular weight is 340 g/mol. The van der Waals surface area contributed by atoms with E-state index in [1.54, 1.807) is 0 Å². The molecular weight excluding hydrogens is 312 g/mol. The lowest BCUT2D eigenvalue weighted by atomic mass is 10.1. The van der Waals surface area contributed by atoms with Crippen LogP contribution >= 0.6 is 0 Å². The zero-order valence-electron chi connectivity index (χ0n) is 15.8. The topological polar surface area (TPSA) is 50.2 Å². The molecule has 1 aromatic carbocycles. The molecule has 1 N–H and O–H groups in total. The number of nitrogens with zero attached hydrogens (tertiary/aromatic N) is 3. The second-order valence-electron chi connectivity index (χ2n) is 7.38. The summed E-state index contributed by atoms with van der Waals surface area (Å²) in [4.78, 5) is 19.1. The minimum atomic E-state index is -0.0230. The molecule has 0 radical (unpaired) electrons. The number of nitrogens with one attached hydrogen (secondary N) is 1. The fourth-order valence-electron chi connectivity index (χ4n) is 3.62. The van der Waals surface area contributed by atoms with Crippen LogP contribution < -0.4 is 5.32 Å². The summed E-state index contributed by atoms with van der Waals surface area (Å²) in [5.41, 5.74) is 4.46. The number of benzene rings is 1. The zero-order chi connectivity index (χ0) is 18.1. The maximum Gasteiger partial charge on any atom is 0.321 e. The molecule has 0 aliphatic carbocycles. The van der Waals surface area contributed by atoms with Crippen LogP contribution in [0.3, 0.4) is 0 Å². The van der Waals surface area contributed by atoms with Gasteiger partial charge in [0.25, 0.3) is 0 Å². The molecule has 1 atom stereocenters. The van der Waals surface area contributed by atoms with Crippen LogP contribution in [-0.4, -0.2) is 33.6 Å². The van der Waals surface area contributed by atoms with E-state index in [1.165, 1.54) is 16.8 Å². The molecule has 1 saturated heterocycles. The highest BCUT2D eigenvalue weighted by Gasteiger charge is 2.31. The van der Waals surface area contributed by atoms with Gasteiger partial charge in [-0.1, -0.05) is 6.07 Å². The van der Waals surface area contributed by atoms with Crippen LogP contribution in [0, 0.1) is 20.8 Å². The van der Waals surface area contributed by atoms with E-state index in [0.29, 0.717) is 12.0 Å². The summed E-state index contributed by atoms with van der Waals surface area (Å²) >= 11 is 0. The number of likely N-dealkylation sites (tertiary alicyclic amines) is 1. The van der Waals surface area contributed by atoms with Crippen LogP contribution in [0.4, 0.5) is 10.5 Å². The third-order valence-corrected chi connectivity index (χ3v) is 5.13. The van der Waals surface area contributed by atoms with Gasteiger partial charge in [0, 0.05) is 42.6 Å². The van der Waals surface area contributed by atoms with Gasteiger partial charge in [-0.05, 0) is 64.3 Å². The number of amides is 2. The monoisotopic (exact) mass is 340 g/mol. The van der Waals surface area contributed by atoms with E-state index in [1.807, 2.05) is 29.3 Å². The van der Waals surface area contributed by atoms with E-state index in [4.69, 9.17) is 0 Å². The van der Waals surface area contributed by atoms with Crippen molar-refractivity contribution in [1.29, 1.82) is 0 Å². The smallest absolute Gasteiger partial charge is 0.321 e. The Hall–Kier alpha value is -2.30. The number of carbonyl (C=O) groups excluding carboxylic acids is 1. The first-order valence-electron chi connectivity index (χ1n) is 9.03. The third-order valence-electron chi connectivity index (χ3n) is 5.13. The molecule has 1 unspecified atom stereocenters. The highest BCUT2D eigenvalue weighted by atomic mass is 16.2. The molecule has 1 fully saturated rings. The number of aromatic nitrogens is 2. The Bertz CT molecular complexity index is 778. The van der Waals surface area contributed by atoms with Crippen molar-refractivity contribution in [2.45, 2.75) is 53.0 Å². The molecule has 5 nitrogen and oxygen atoms in total. The van der Waals surface area contributed by atoms with Crippen LogP contribution in [0.15, 0.2) is 24.4 Å². The number of imidazole rings is 1. The molecule has 3 rings (SSSR count). The number of carbonyl (C=O) groups is 1. The van der Waals surface area contributed by atoms with Gasteiger partial charge in [-0.25, -0.2) is 9.78 Å². The van der Waals surface area contributed by atoms with Gasteiger partial charge in [-0.15, -0.1) is 0 Å². The van der Waals surface area contributed by atoms with E-state index in [2.05, 4.69) is 49.5 Å². The number of rotatable bonds is 3. The van der Waals surface area contributed by atoms with Gasteiger partial charge in [0.1, 0.15) is 5.82 Å². The Balaban J connectivity index is 1.68. The summed E-state index contributed by atoms with van der Waals surface area (Å²) < 4.78 is 2.29. The number of hydrogen-bond donors (Lipinski definition) is 1. The van der Waals surface area contributed by atoms with E-state index < -0.39 is 0 Å². The van der Waals surface area contributed by atoms with Crippen molar-refractivity contribution in [2.75, 3.05) is 18.4 Å². The Morgan fingerprint density at radius 2 is 2.00 bits per heavy atom. The van der Waals surface area contributed by atoms with Gasteiger partial charge < -0.3 is 14.8 Å². The van der Waals surface area contributed by atoms with Crippen LogP contribution in [0.1, 0.15) is 54.9 Å². The molecule has 1 aromatic heterocycles. The van der Waals surface area contributed by atoms with Crippen molar-refractivity contribution >= 4 is 11.7 Å². The van der Waals surface area contributed by atoms with Crippen molar-refractivity contribution in [3.05, 3.63) is 47.0 Å². The Labute approximate surface area is 150 Å². The summed E-state index contributed by atoms with van der Waals surface area (Å²) in [6, 6.07) is 6.39. The van der Waals surface area contributed by atoms with Crippen molar-refractivity contribution in [2.24, 2.45) is 0 Å². The van der Waals surface area contributed by atoms with Crippen molar-refractivity contribution < 1.29 is 4.79 Å². The summed E-state index contributed by atoms with van der Waals surface area (Å²) in [7, 11) is 0. The number of aryl methyl sites for hydroxylation is 3. The van der Waals surface area contributed by atoms with Crippen LogP contribution in [0.25, 0.3) is 0 Å². The SMILES string of the molecule is Cc1ccc(NC(=O)N2CCC(c3ncc(C)n3C(C)C)C2)cc1C. The molecule has 0 saturated carbocycles. The van der Waals surface area contributed by atoms with Gasteiger partial charge in [-0.2, -0.15) is 0 Å². The van der Waals surface area contributed by atoms with E-state index in [-0.39, 0.29) is 6.03 Å². The summed E-state index contributed by atoms with van der Waals surface area (Å²) in [6.45, 7) is 12.1. The average Bonchev–Trinajstić information content (AvgIpc) is 3.17. The van der Waals surface area contributed by atoms with Crippen molar-refractivity contribution in [1.82, 2.24) is 14.5 Å². The fraction of sp³-hybridized carbons (Fsp3) is 0.500. The second-order valence-corrected chi connectivity index (χ2v) is 7.38. The lowest BCUT2D eigenvalue weighted by molar-refractivity contribution is 0.222. The molecule has 0 bridgehead atoms. The highest BCUT2D eigenvalue weighted by molar-refractivity contribution is 5.89. The molecule has 5 heteroatoms. The van der Waals surface area contributed by atoms with Gasteiger partial charge in [0.15, 0.2) is 0 Å². The van der Waals surface area contributed by atoms with Gasteiger partial charge in [-0.3, -0.25) is 0 Å². The maximum atomic E-state index is 12.6. The number of urea groups is 1. The molecule has 2 amide bonds. The van der Waals surface area contributed by atoms with E-state index in [0.717, 1.165) is 31.0 Å². The normalized spacial score (nSPS) is 17.4. The van der Waals surface area contributed by atoms with Crippen LogP contribution in [0.5, 0.6) is 0 Å². The summed E-state index contributed by atoms with van der Waals surface area (Å²) in [5.74, 6) is 1.41. The summed E-state index contributed by atoms with van der Waals surface area (Å²) in [6.07, 6.45) is 2.90. The molecular formula is C20H28N4O. The predicted octanol–water partition coefficient (Wildman–Crippen LogP) is 4.41. The minimum Gasteiger partial charge on any atom is -0.330 e. The van der Waals surface area contributed by atoms with Crippen molar-refractivity contribution in [3.8, 4) is 0 Å². The Morgan fingerprint density at radius 1 is 1.24 bits per heavy atom. The maximum absolute atomic E-state index is 12.6. The Kier molecular flexibility index (Phi) is 4.84. The van der Waals surface area contributed by atoms with Crippen molar-refractivity contribution in [3.63, 3.8) is 0 Å².